The molecule has 0 atom stereocenters. The lowest BCUT2D eigenvalue weighted by Gasteiger charge is -2.27. The monoisotopic (exact) mass is 326 g/mol. The number of fused-ring (bicyclic) bond motifs is 2. The van der Waals surface area contributed by atoms with Crippen molar-refractivity contribution in [2.24, 2.45) is 7.05 Å². The number of benzene rings is 1. The molecule has 8 heteroatoms. The van der Waals surface area contributed by atoms with Crippen molar-refractivity contribution in [1.82, 2.24) is 29.7 Å². The van der Waals surface area contributed by atoms with Crippen LogP contribution in [-0.2, 0) is 31.4 Å². The van der Waals surface area contributed by atoms with Crippen molar-refractivity contribution in [2.75, 3.05) is 13.7 Å². The van der Waals surface area contributed by atoms with E-state index in [0.717, 1.165) is 42.9 Å². The number of carbonyl (C=O) groups is 1. The summed E-state index contributed by atoms with van der Waals surface area (Å²) >= 11 is 0. The van der Waals surface area contributed by atoms with Gasteiger partial charge in [0, 0.05) is 26.7 Å². The van der Waals surface area contributed by atoms with E-state index >= 15 is 0 Å². The summed E-state index contributed by atoms with van der Waals surface area (Å²) in [4.78, 5) is 13.9. The van der Waals surface area contributed by atoms with Gasteiger partial charge in [-0.2, -0.15) is 5.10 Å². The van der Waals surface area contributed by atoms with Crippen LogP contribution in [0, 0.1) is 0 Å². The molecule has 1 aliphatic rings. The number of aromatic nitrogens is 5. The minimum absolute atomic E-state index is 0.371. The highest BCUT2D eigenvalue weighted by Crippen LogP contribution is 2.19. The van der Waals surface area contributed by atoms with Gasteiger partial charge in [-0.05, 0) is 23.8 Å². The zero-order valence-corrected chi connectivity index (χ0v) is 13.6. The van der Waals surface area contributed by atoms with Crippen molar-refractivity contribution < 1.29 is 9.53 Å². The Balaban J connectivity index is 1.51. The quantitative estimate of drug-likeness (QED) is 0.667. The summed E-state index contributed by atoms with van der Waals surface area (Å²) < 4.78 is 8.39. The number of ether oxygens (including phenoxy) is 1. The normalized spacial score (nSPS) is 14.8. The van der Waals surface area contributed by atoms with Crippen molar-refractivity contribution in [3.63, 3.8) is 0 Å². The first-order chi connectivity index (χ1) is 11.6. The summed E-state index contributed by atoms with van der Waals surface area (Å²) in [5, 5.41) is 12.5. The lowest BCUT2D eigenvalue weighted by atomic mass is 10.1. The van der Waals surface area contributed by atoms with Gasteiger partial charge in [0.05, 0.1) is 24.9 Å². The van der Waals surface area contributed by atoms with Gasteiger partial charge in [0.2, 0.25) is 0 Å². The molecule has 1 aliphatic heterocycles. The number of hydrogen-bond donors (Lipinski definition) is 0. The zero-order valence-electron chi connectivity index (χ0n) is 13.6. The molecule has 3 heterocycles. The van der Waals surface area contributed by atoms with Crippen LogP contribution >= 0.6 is 0 Å². The Kier molecular flexibility index (Phi) is 3.53. The maximum absolute atomic E-state index is 11.6. The summed E-state index contributed by atoms with van der Waals surface area (Å²) in [7, 11) is 3.26. The average Bonchev–Trinajstić information content (AvgIpc) is 3.17. The Labute approximate surface area is 138 Å². The SMILES string of the molecule is COC(=O)c1cc2n(n1)CCN(Cc1ccc3c(c1)nnn3C)C2. The van der Waals surface area contributed by atoms with Gasteiger partial charge in [-0.15, -0.1) is 5.10 Å². The van der Waals surface area contributed by atoms with Gasteiger partial charge in [-0.3, -0.25) is 9.58 Å². The van der Waals surface area contributed by atoms with E-state index in [1.54, 1.807) is 4.68 Å². The molecule has 0 bridgehead atoms. The van der Waals surface area contributed by atoms with Gasteiger partial charge < -0.3 is 4.74 Å². The van der Waals surface area contributed by atoms with Gasteiger partial charge in [0.25, 0.3) is 0 Å². The highest BCUT2D eigenvalue weighted by atomic mass is 16.5. The van der Waals surface area contributed by atoms with Gasteiger partial charge in [-0.1, -0.05) is 11.3 Å². The number of carbonyl (C=O) groups excluding carboxylic acids is 1. The molecule has 0 unspecified atom stereocenters. The van der Waals surface area contributed by atoms with E-state index in [0.29, 0.717) is 5.69 Å². The van der Waals surface area contributed by atoms with Crippen LogP contribution in [0.5, 0.6) is 0 Å². The molecule has 24 heavy (non-hydrogen) atoms. The van der Waals surface area contributed by atoms with Crippen LogP contribution in [0.25, 0.3) is 11.0 Å². The fourth-order valence-electron chi connectivity index (χ4n) is 3.10. The fourth-order valence-corrected chi connectivity index (χ4v) is 3.10. The molecular formula is C16H18N6O2. The molecule has 0 N–H and O–H groups in total. The minimum Gasteiger partial charge on any atom is -0.464 e. The smallest absolute Gasteiger partial charge is 0.358 e. The Hall–Kier alpha value is -2.74. The Morgan fingerprint density at radius 2 is 2.17 bits per heavy atom. The van der Waals surface area contributed by atoms with E-state index < -0.39 is 5.97 Å². The van der Waals surface area contributed by atoms with Gasteiger partial charge in [0.15, 0.2) is 5.69 Å². The first kappa shape index (κ1) is 14.8. The largest absolute Gasteiger partial charge is 0.464 e. The third-order valence-corrected chi connectivity index (χ3v) is 4.35. The first-order valence-corrected chi connectivity index (χ1v) is 7.80. The molecule has 4 rings (SSSR count). The Morgan fingerprint density at radius 3 is 3.00 bits per heavy atom. The molecule has 124 valence electrons. The summed E-state index contributed by atoms with van der Waals surface area (Å²) in [5.74, 6) is -0.392. The molecule has 0 radical (unpaired) electrons. The molecule has 8 nitrogen and oxygen atoms in total. The molecule has 0 aliphatic carbocycles. The summed E-state index contributed by atoms with van der Waals surface area (Å²) in [6, 6.07) is 8.05. The number of nitrogens with zero attached hydrogens (tertiary/aromatic N) is 6. The summed E-state index contributed by atoms with van der Waals surface area (Å²) in [6.45, 7) is 3.22. The summed E-state index contributed by atoms with van der Waals surface area (Å²) in [6.07, 6.45) is 0. The predicted molar refractivity (Wildman–Crippen MR) is 86.2 cm³/mol. The fraction of sp³-hybridized carbons (Fsp3) is 0.375. The second-order valence-electron chi connectivity index (χ2n) is 5.98. The van der Waals surface area contributed by atoms with Crippen molar-refractivity contribution in [2.45, 2.75) is 19.6 Å². The van der Waals surface area contributed by atoms with E-state index in [1.165, 1.54) is 12.7 Å². The van der Waals surface area contributed by atoms with Crippen LogP contribution in [0.1, 0.15) is 21.7 Å². The van der Waals surface area contributed by atoms with Crippen molar-refractivity contribution in [3.05, 3.63) is 41.2 Å². The maximum atomic E-state index is 11.6. The lowest BCUT2D eigenvalue weighted by Crippen LogP contribution is -2.33. The van der Waals surface area contributed by atoms with Gasteiger partial charge in [-0.25, -0.2) is 9.48 Å². The molecule has 3 aromatic rings. The first-order valence-electron chi connectivity index (χ1n) is 7.80. The van der Waals surface area contributed by atoms with E-state index in [9.17, 15) is 4.79 Å². The molecule has 0 saturated carbocycles. The molecular weight excluding hydrogens is 308 g/mol. The highest BCUT2D eigenvalue weighted by molar-refractivity contribution is 5.87. The number of methoxy groups -OCH3 is 1. The molecule has 0 spiro atoms. The van der Waals surface area contributed by atoms with Crippen LogP contribution < -0.4 is 0 Å². The van der Waals surface area contributed by atoms with Crippen LogP contribution in [0.15, 0.2) is 24.3 Å². The third-order valence-electron chi connectivity index (χ3n) is 4.35. The molecule has 0 saturated heterocycles. The van der Waals surface area contributed by atoms with Crippen molar-refractivity contribution in [1.29, 1.82) is 0 Å². The van der Waals surface area contributed by atoms with Crippen LogP contribution in [0.2, 0.25) is 0 Å². The van der Waals surface area contributed by atoms with E-state index in [1.807, 2.05) is 23.9 Å². The van der Waals surface area contributed by atoms with Crippen LogP contribution in [0.4, 0.5) is 0 Å². The topological polar surface area (TPSA) is 78.1 Å². The maximum Gasteiger partial charge on any atom is 0.358 e. The van der Waals surface area contributed by atoms with Crippen molar-refractivity contribution >= 4 is 17.0 Å². The Bertz CT molecular complexity index is 913. The number of aryl methyl sites for hydroxylation is 1. The van der Waals surface area contributed by atoms with Gasteiger partial charge in [0.1, 0.15) is 5.52 Å². The second kappa shape index (κ2) is 5.72. The summed E-state index contributed by atoms with van der Waals surface area (Å²) in [5.41, 5.74) is 4.53. The highest BCUT2D eigenvalue weighted by Gasteiger charge is 2.21. The number of esters is 1. The lowest BCUT2D eigenvalue weighted by molar-refractivity contribution is 0.0593. The molecule has 0 amide bonds. The van der Waals surface area contributed by atoms with Crippen molar-refractivity contribution in [3.8, 4) is 0 Å². The van der Waals surface area contributed by atoms with Gasteiger partial charge >= 0.3 is 5.97 Å². The Morgan fingerprint density at radius 1 is 1.29 bits per heavy atom. The zero-order chi connectivity index (χ0) is 16.7. The molecule has 1 aromatic carbocycles. The van der Waals surface area contributed by atoms with Crippen LogP contribution in [-0.4, -0.2) is 49.3 Å². The predicted octanol–water partition coefficient (Wildman–Crippen LogP) is 0.967. The van der Waals surface area contributed by atoms with E-state index in [4.69, 9.17) is 4.74 Å². The third kappa shape index (κ3) is 2.54. The molecule has 2 aromatic heterocycles. The molecule has 0 fully saturated rings. The minimum atomic E-state index is -0.392. The average molecular weight is 326 g/mol. The van der Waals surface area contributed by atoms with E-state index in [2.05, 4.69) is 32.4 Å². The van der Waals surface area contributed by atoms with E-state index in [-0.39, 0.29) is 0 Å². The van der Waals surface area contributed by atoms with Crippen LogP contribution in [0.3, 0.4) is 0 Å². The second-order valence-corrected chi connectivity index (χ2v) is 5.98. The standard InChI is InChI=1S/C16H18N6O2/c1-20-15-4-3-11(7-13(15)17-19-20)9-21-5-6-22-12(10-21)8-14(18-22)16(23)24-2/h3-4,7-8H,5-6,9-10H2,1-2H3. The number of rotatable bonds is 3. The number of hydrogen-bond acceptors (Lipinski definition) is 6.